The van der Waals surface area contributed by atoms with E-state index < -0.39 is 0 Å². The Morgan fingerprint density at radius 3 is 2.70 bits per heavy atom. The summed E-state index contributed by atoms with van der Waals surface area (Å²) < 4.78 is 15.9. The monoisotopic (exact) mass is 398 g/mol. The van der Waals surface area contributed by atoms with Gasteiger partial charge in [0.1, 0.15) is 0 Å². The zero-order valence-electron chi connectivity index (χ0n) is 16.2. The molecule has 1 N–H and O–H groups in total. The molecule has 3 rings (SSSR count). The predicted molar refractivity (Wildman–Crippen MR) is 107 cm³/mol. The number of ether oxygens (including phenoxy) is 3. The second-order valence-corrected chi connectivity index (χ2v) is 7.29. The lowest BCUT2D eigenvalue weighted by atomic mass is 9.86. The molecule has 0 radical (unpaired) electrons. The maximum Gasteiger partial charge on any atom is 0.237 e. The Labute approximate surface area is 167 Å². The van der Waals surface area contributed by atoms with Crippen molar-refractivity contribution < 1.29 is 19.0 Å². The highest BCUT2D eigenvalue weighted by molar-refractivity contribution is 5.85. The Bertz CT molecular complexity index is 606. The van der Waals surface area contributed by atoms with Gasteiger partial charge >= 0.3 is 0 Å². The first-order valence-electron chi connectivity index (χ1n) is 9.55. The molecule has 0 bridgehead atoms. The van der Waals surface area contributed by atoms with Gasteiger partial charge in [-0.05, 0) is 49.3 Å². The van der Waals surface area contributed by atoms with Crippen LogP contribution >= 0.6 is 12.4 Å². The Morgan fingerprint density at radius 2 is 1.96 bits per heavy atom. The van der Waals surface area contributed by atoms with Crippen LogP contribution in [0.1, 0.15) is 38.2 Å². The number of carbonyl (C=O) groups is 1. The number of amides is 1. The second-order valence-electron chi connectivity index (χ2n) is 7.29. The quantitative estimate of drug-likeness (QED) is 0.682. The SMILES string of the molecule is COCCNCC(=O)N(Cc1ccc2c(c1)OCO2)C1CCC(C)CC1.Cl. The van der Waals surface area contributed by atoms with Crippen LogP contribution in [0.2, 0.25) is 0 Å². The van der Waals surface area contributed by atoms with Gasteiger partial charge in [-0.1, -0.05) is 13.0 Å². The van der Waals surface area contributed by atoms with E-state index >= 15 is 0 Å². The average Bonchev–Trinajstić information content (AvgIpc) is 3.12. The molecule has 1 aliphatic carbocycles. The van der Waals surface area contributed by atoms with E-state index in [2.05, 4.69) is 12.2 Å². The van der Waals surface area contributed by atoms with E-state index in [4.69, 9.17) is 14.2 Å². The van der Waals surface area contributed by atoms with Crippen molar-refractivity contribution in [1.29, 1.82) is 0 Å². The summed E-state index contributed by atoms with van der Waals surface area (Å²) in [6, 6.07) is 6.26. The third-order valence-electron chi connectivity index (χ3n) is 5.30. The molecule has 0 unspecified atom stereocenters. The van der Waals surface area contributed by atoms with Gasteiger partial charge in [0, 0.05) is 26.2 Å². The standard InChI is InChI=1S/C20H30N2O4.ClH/c1-15-3-6-17(7-4-15)22(20(23)12-21-9-10-24-2)13-16-5-8-18-19(11-16)26-14-25-18;/h5,8,11,15,17,21H,3-4,6-7,9-10,12-14H2,1-2H3;1H. The minimum Gasteiger partial charge on any atom is -0.454 e. The fourth-order valence-corrected chi connectivity index (χ4v) is 3.68. The molecule has 1 amide bonds. The van der Waals surface area contributed by atoms with Gasteiger partial charge in [-0.3, -0.25) is 4.79 Å². The molecule has 0 saturated heterocycles. The topological polar surface area (TPSA) is 60.0 Å². The van der Waals surface area contributed by atoms with E-state index in [0.717, 1.165) is 35.8 Å². The maximum absolute atomic E-state index is 12.9. The Kier molecular flexibility index (Phi) is 8.67. The van der Waals surface area contributed by atoms with Crippen LogP contribution in [-0.4, -0.2) is 50.4 Å². The van der Waals surface area contributed by atoms with Crippen molar-refractivity contribution in [2.75, 3.05) is 33.6 Å². The molecule has 152 valence electrons. The fourth-order valence-electron chi connectivity index (χ4n) is 3.68. The first kappa shape index (κ1) is 21.8. The lowest BCUT2D eigenvalue weighted by Crippen LogP contribution is -2.45. The van der Waals surface area contributed by atoms with Crippen molar-refractivity contribution in [3.8, 4) is 11.5 Å². The molecule has 2 aliphatic rings. The highest BCUT2D eigenvalue weighted by atomic mass is 35.5. The molecule has 1 aliphatic heterocycles. The van der Waals surface area contributed by atoms with Crippen LogP contribution in [0, 0.1) is 5.92 Å². The van der Waals surface area contributed by atoms with Crippen molar-refractivity contribution in [3.05, 3.63) is 23.8 Å². The largest absolute Gasteiger partial charge is 0.454 e. The smallest absolute Gasteiger partial charge is 0.237 e. The maximum atomic E-state index is 12.9. The molecule has 6 nitrogen and oxygen atoms in total. The van der Waals surface area contributed by atoms with Crippen LogP contribution < -0.4 is 14.8 Å². The van der Waals surface area contributed by atoms with Gasteiger partial charge in [0.25, 0.3) is 0 Å². The van der Waals surface area contributed by atoms with Gasteiger partial charge in [0.05, 0.1) is 13.2 Å². The van der Waals surface area contributed by atoms with Crippen LogP contribution in [0.4, 0.5) is 0 Å². The van der Waals surface area contributed by atoms with Gasteiger partial charge in [0.15, 0.2) is 11.5 Å². The number of fused-ring (bicyclic) bond motifs is 1. The number of nitrogens with zero attached hydrogens (tertiary/aromatic N) is 1. The normalized spacial score (nSPS) is 20.8. The number of nitrogens with one attached hydrogen (secondary N) is 1. The molecule has 1 saturated carbocycles. The van der Waals surface area contributed by atoms with Crippen LogP contribution in [0.25, 0.3) is 0 Å². The minimum atomic E-state index is 0. The minimum absolute atomic E-state index is 0. The number of carbonyl (C=O) groups excluding carboxylic acids is 1. The van der Waals surface area contributed by atoms with Crippen molar-refractivity contribution in [2.45, 2.75) is 45.2 Å². The van der Waals surface area contributed by atoms with Crippen LogP contribution in [-0.2, 0) is 16.1 Å². The predicted octanol–water partition coefficient (Wildman–Crippen LogP) is 2.98. The Hall–Kier alpha value is -1.50. The highest BCUT2D eigenvalue weighted by Gasteiger charge is 2.28. The molecule has 1 aromatic carbocycles. The number of methoxy groups -OCH3 is 1. The molecular formula is C20H31ClN2O4. The fraction of sp³-hybridized carbons (Fsp3) is 0.650. The van der Waals surface area contributed by atoms with Gasteiger partial charge in [-0.25, -0.2) is 0 Å². The van der Waals surface area contributed by atoms with Crippen LogP contribution in [0.15, 0.2) is 18.2 Å². The lowest BCUT2D eigenvalue weighted by molar-refractivity contribution is -0.134. The molecule has 0 spiro atoms. The number of rotatable bonds is 8. The van der Waals surface area contributed by atoms with E-state index in [-0.39, 0.29) is 25.1 Å². The van der Waals surface area contributed by atoms with Crippen LogP contribution in [0.3, 0.4) is 0 Å². The zero-order valence-corrected chi connectivity index (χ0v) is 17.1. The molecule has 0 atom stereocenters. The van der Waals surface area contributed by atoms with Gasteiger partial charge < -0.3 is 24.4 Å². The van der Waals surface area contributed by atoms with Crippen molar-refractivity contribution in [2.24, 2.45) is 5.92 Å². The second kappa shape index (κ2) is 10.7. The van der Waals surface area contributed by atoms with E-state index in [1.807, 2.05) is 23.1 Å². The van der Waals surface area contributed by atoms with Crippen LogP contribution in [0.5, 0.6) is 11.5 Å². The summed E-state index contributed by atoms with van der Waals surface area (Å²) in [4.78, 5) is 14.9. The van der Waals surface area contributed by atoms with Crippen molar-refractivity contribution in [1.82, 2.24) is 10.2 Å². The number of hydrogen-bond donors (Lipinski definition) is 1. The molecule has 1 aromatic rings. The molecule has 1 heterocycles. The first-order chi connectivity index (χ1) is 12.7. The Morgan fingerprint density at radius 1 is 1.22 bits per heavy atom. The van der Waals surface area contributed by atoms with Crippen molar-refractivity contribution in [3.63, 3.8) is 0 Å². The van der Waals surface area contributed by atoms with Gasteiger partial charge in [-0.2, -0.15) is 0 Å². The van der Waals surface area contributed by atoms with Gasteiger partial charge in [-0.15, -0.1) is 12.4 Å². The lowest BCUT2D eigenvalue weighted by Gasteiger charge is -2.36. The summed E-state index contributed by atoms with van der Waals surface area (Å²) in [6.45, 7) is 4.82. The summed E-state index contributed by atoms with van der Waals surface area (Å²) in [7, 11) is 1.67. The molecule has 0 aromatic heterocycles. The summed E-state index contributed by atoms with van der Waals surface area (Å²) in [5.41, 5.74) is 1.08. The van der Waals surface area contributed by atoms with E-state index in [1.54, 1.807) is 7.11 Å². The molecule has 7 heteroatoms. The summed E-state index contributed by atoms with van der Waals surface area (Å²) >= 11 is 0. The van der Waals surface area contributed by atoms with E-state index in [0.29, 0.717) is 32.3 Å². The highest BCUT2D eigenvalue weighted by Crippen LogP contribution is 2.34. The summed E-state index contributed by atoms with van der Waals surface area (Å²) in [5.74, 6) is 2.46. The number of hydrogen-bond acceptors (Lipinski definition) is 5. The Balaban J connectivity index is 0.00000261. The summed E-state index contributed by atoms with van der Waals surface area (Å²) in [6.07, 6.45) is 4.53. The number of halogens is 1. The van der Waals surface area contributed by atoms with Gasteiger partial charge in [0.2, 0.25) is 12.7 Å². The third-order valence-corrected chi connectivity index (χ3v) is 5.30. The molecule has 27 heavy (non-hydrogen) atoms. The summed E-state index contributed by atoms with van der Waals surface area (Å²) in [5, 5.41) is 3.18. The van der Waals surface area contributed by atoms with E-state index in [1.165, 1.54) is 12.8 Å². The number of benzene rings is 1. The molecule has 1 fully saturated rings. The molecular weight excluding hydrogens is 368 g/mol. The average molecular weight is 399 g/mol. The zero-order chi connectivity index (χ0) is 18.4. The first-order valence-corrected chi connectivity index (χ1v) is 9.55. The third kappa shape index (κ3) is 5.99. The van der Waals surface area contributed by atoms with E-state index in [9.17, 15) is 4.79 Å². The van der Waals surface area contributed by atoms with Crippen molar-refractivity contribution >= 4 is 18.3 Å².